The first-order valence-electron chi connectivity index (χ1n) is 11.6. The van der Waals surface area contributed by atoms with Crippen molar-refractivity contribution in [3.05, 3.63) is 35.9 Å². The summed E-state index contributed by atoms with van der Waals surface area (Å²) in [6, 6.07) is 10.9. The summed E-state index contributed by atoms with van der Waals surface area (Å²) >= 11 is 0. The number of unbranched alkanes of at least 4 members (excludes halogenated alkanes) is 15. The lowest BCUT2D eigenvalue weighted by Gasteiger charge is -2.05. The van der Waals surface area contributed by atoms with Crippen LogP contribution in [0.25, 0.3) is 0 Å². The number of benzene rings is 1. The molecule has 162 valence electrons. The molecule has 0 bridgehead atoms. The number of hydrogen-bond acceptors (Lipinski definition) is 3. The zero-order valence-corrected chi connectivity index (χ0v) is 18.8. The normalized spacial score (nSPS) is 11.4. The Morgan fingerprint density at radius 3 is 1.36 bits per heavy atom. The Labute approximate surface area is 174 Å². The molecule has 0 atom stereocenters. The number of rotatable bonds is 20. The van der Waals surface area contributed by atoms with Crippen LogP contribution < -0.4 is 0 Å². The first-order chi connectivity index (χ1) is 13.8. The van der Waals surface area contributed by atoms with E-state index >= 15 is 0 Å². The second kappa shape index (κ2) is 19.8. The standard InChI is InChI=1S/C24H43O3P/c25-28(26)27-23-19-14-12-10-8-6-4-2-1-3-5-7-9-11-13-16-20-24-21-17-15-18-22-24/h15,17-18,21-22,25-26H,1-14,16,19-20,23H2. The Kier molecular flexibility index (Phi) is 18.1. The van der Waals surface area contributed by atoms with Gasteiger partial charge in [-0.05, 0) is 24.8 Å². The van der Waals surface area contributed by atoms with E-state index in [2.05, 4.69) is 30.3 Å². The molecule has 0 aliphatic carbocycles. The molecule has 1 aromatic carbocycles. The summed E-state index contributed by atoms with van der Waals surface area (Å²) in [4.78, 5) is 17.2. The van der Waals surface area contributed by atoms with Gasteiger partial charge < -0.3 is 14.3 Å². The van der Waals surface area contributed by atoms with Gasteiger partial charge >= 0.3 is 8.60 Å². The van der Waals surface area contributed by atoms with Crippen LogP contribution in [0.3, 0.4) is 0 Å². The quantitative estimate of drug-likeness (QED) is 0.171. The summed E-state index contributed by atoms with van der Waals surface area (Å²) in [6.45, 7) is 0.479. The average molecular weight is 411 g/mol. The molecule has 0 spiro atoms. The van der Waals surface area contributed by atoms with E-state index in [1.165, 1.54) is 102 Å². The number of aryl methyl sites for hydroxylation is 1. The molecule has 1 rings (SSSR count). The summed E-state index contributed by atoms with van der Waals surface area (Å²) in [5.74, 6) is 0. The maximum atomic E-state index is 8.62. The van der Waals surface area contributed by atoms with Crippen LogP contribution in [-0.4, -0.2) is 16.4 Å². The Morgan fingerprint density at radius 1 is 0.536 bits per heavy atom. The molecule has 0 aliphatic rings. The molecule has 0 heterocycles. The lowest BCUT2D eigenvalue weighted by Crippen LogP contribution is -1.89. The van der Waals surface area contributed by atoms with Gasteiger partial charge in [0.05, 0.1) is 6.61 Å². The zero-order valence-electron chi connectivity index (χ0n) is 17.9. The van der Waals surface area contributed by atoms with Crippen molar-refractivity contribution >= 4 is 8.60 Å². The summed E-state index contributed by atoms with van der Waals surface area (Å²) in [5, 5.41) is 0. The number of hydrogen-bond donors (Lipinski definition) is 2. The van der Waals surface area contributed by atoms with E-state index in [0.717, 1.165) is 12.8 Å². The fraction of sp³-hybridized carbons (Fsp3) is 0.750. The molecule has 2 N–H and O–H groups in total. The molecule has 0 saturated heterocycles. The van der Waals surface area contributed by atoms with Crippen molar-refractivity contribution in [2.45, 2.75) is 109 Å². The summed E-state index contributed by atoms with van der Waals surface area (Å²) in [6.07, 6.45) is 22.6. The van der Waals surface area contributed by atoms with E-state index in [-0.39, 0.29) is 0 Å². The van der Waals surface area contributed by atoms with Gasteiger partial charge in [0.2, 0.25) is 0 Å². The fourth-order valence-electron chi connectivity index (χ4n) is 3.70. The molecule has 0 fully saturated rings. The highest BCUT2D eigenvalue weighted by molar-refractivity contribution is 7.39. The van der Waals surface area contributed by atoms with E-state index in [9.17, 15) is 0 Å². The Balaban J connectivity index is 1.68. The van der Waals surface area contributed by atoms with Gasteiger partial charge in [-0.2, -0.15) is 0 Å². The minimum atomic E-state index is -2.15. The van der Waals surface area contributed by atoms with Crippen LogP contribution >= 0.6 is 8.60 Å². The highest BCUT2D eigenvalue weighted by Gasteiger charge is 1.98. The lowest BCUT2D eigenvalue weighted by atomic mass is 10.0. The summed E-state index contributed by atoms with van der Waals surface area (Å²) in [7, 11) is -2.15. The summed E-state index contributed by atoms with van der Waals surface area (Å²) in [5.41, 5.74) is 1.48. The van der Waals surface area contributed by atoms with Crippen LogP contribution in [-0.2, 0) is 10.9 Å². The van der Waals surface area contributed by atoms with Gasteiger partial charge in [0.1, 0.15) is 0 Å². The molecular weight excluding hydrogens is 367 g/mol. The molecule has 0 aromatic heterocycles. The fourth-order valence-corrected chi connectivity index (χ4v) is 3.99. The smallest absolute Gasteiger partial charge is 0.327 e. The Hall–Kier alpha value is -0.470. The maximum absolute atomic E-state index is 8.62. The molecule has 0 amide bonds. The molecule has 3 nitrogen and oxygen atoms in total. The SMILES string of the molecule is OP(O)OCCCCCCCCCCCCCCCCCCc1ccccc1. The third-order valence-corrected chi connectivity index (χ3v) is 5.82. The summed E-state index contributed by atoms with van der Waals surface area (Å²) < 4.78 is 4.76. The van der Waals surface area contributed by atoms with E-state index in [4.69, 9.17) is 14.3 Å². The second-order valence-electron chi connectivity index (χ2n) is 7.98. The average Bonchev–Trinajstić information content (AvgIpc) is 2.70. The van der Waals surface area contributed by atoms with Crippen LogP contribution in [0, 0.1) is 0 Å². The van der Waals surface area contributed by atoms with Crippen molar-refractivity contribution in [2.24, 2.45) is 0 Å². The van der Waals surface area contributed by atoms with Crippen molar-refractivity contribution in [1.82, 2.24) is 0 Å². The molecule has 4 heteroatoms. The Bertz CT molecular complexity index is 425. The van der Waals surface area contributed by atoms with Gasteiger partial charge in [-0.1, -0.05) is 120 Å². The zero-order chi connectivity index (χ0) is 20.1. The largest absolute Gasteiger partial charge is 0.328 e. The molecule has 1 aromatic rings. The third-order valence-electron chi connectivity index (χ3n) is 5.41. The van der Waals surface area contributed by atoms with Gasteiger partial charge in [0, 0.05) is 0 Å². The highest BCUT2D eigenvalue weighted by atomic mass is 31.2. The first kappa shape index (κ1) is 25.6. The van der Waals surface area contributed by atoms with Crippen LogP contribution in [0.5, 0.6) is 0 Å². The van der Waals surface area contributed by atoms with Gasteiger partial charge in [-0.15, -0.1) is 0 Å². The van der Waals surface area contributed by atoms with Crippen molar-refractivity contribution in [1.29, 1.82) is 0 Å². The molecule has 28 heavy (non-hydrogen) atoms. The van der Waals surface area contributed by atoms with Crippen molar-refractivity contribution in [3.8, 4) is 0 Å². The molecule has 0 aliphatic heterocycles. The molecular formula is C24H43O3P. The van der Waals surface area contributed by atoms with E-state index in [0.29, 0.717) is 6.61 Å². The predicted octanol–water partition coefficient (Wildman–Crippen LogP) is 7.70. The monoisotopic (exact) mass is 410 g/mol. The maximum Gasteiger partial charge on any atom is 0.327 e. The van der Waals surface area contributed by atoms with Crippen molar-refractivity contribution < 1.29 is 14.3 Å². The molecule has 0 radical (unpaired) electrons. The van der Waals surface area contributed by atoms with Gasteiger partial charge in [-0.25, -0.2) is 0 Å². The van der Waals surface area contributed by atoms with Gasteiger partial charge in [0.25, 0.3) is 0 Å². The predicted molar refractivity (Wildman–Crippen MR) is 121 cm³/mol. The highest BCUT2D eigenvalue weighted by Crippen LogP contribution is 2.24. The van der Waals surface area contributed by atoms with Crippen molar-refractivity contribution in [3.63, 3.8) is 0 Å². The minimum Gasteiger partial charge on any atom is -0.328 e. The second-order valence-corrected chi connectivity index (χ2v) is 8.74. The lowest BCUT2D eigenvalue weighted by molar-refractivity contribution is 0.248. The topological polar surface area (TPSA) is 49.7 Å². The van der Waals surface area contributed by atoms with Crippen LogP contribution in [0.15, 0.2) is 30.3 Å². The Morgan fingerprint density at radius 2 is 0.929 bits per heavy atom. The van der Waals surface area contributed by atoms with Crippen LogP contribution in [0.2, 0.25) is 0 Å². The van der Waals surface area contributed by atoms with Gasteiger partial charge in [0.15, 0.2) is 0 Å². The minimum absolute atomic E-state index is 0.479. The molecule has 0 unspecified atom stereocenters. The molecule has 0 saturated carbocycles. The van der Waals surface area contributed by atoms with Crippen LogP contribution in [0.1, 0.15) is 108 Å². The van der Waals surface area contributed by atoms with E-state index in [1.807, 2.05) is 0 Å². The third kappa shape index (κ3) is 17.6. The van der Waals surface area contributed by atoms with Gasteiger partial charge in [-0.3, -0.25) is 0 Å². The van der Waals surface area contributed by atoms with E-state index < -0.39 is 8.60 Å². The van der Waals surface area contributed by atoms with Crippen LogP contribution in [0.4, 0.5) is 0 Å². The van der Waals surface area contributed by atoms with E-state index in [1.54, 1.807) is 0 Å². The van der Waals surface area contributed by atoms with Crippen molar-refractivity contribution in [2.75, 3.05) is 6.61 Å². The first-order valence-corrected chi connectivity index (χ1v) is 12.8.